The van der Waals surface area contributed by atoms with E-state index in [2.05, 4.69) is 0 Å². The van der Waals surface area contributed by atoms with Gasteiger partial charge in [-0.15, -0.1) is 0 Å². The van der Waals surface area contributed by atoms with Gasteiger partial charge in [-0.2, -0.15) is 0 Å². The summed E-state index contributed by atoms with van der Waals surface area (Å²) in [5.41, 5.74) is 1.81. The van der Waals surface area contributed by atoms with Crippen LogP contribution in [-0.2, 0) is 25.7 Å². The third kappa shape index (κ3) is 6.43. The third-order valence-electron chi connectivity index (χ3n) is 3.44. The normalized spacial score (nSPS) is 11.8. The molecular formula is C21H22O5. The first-order chi connectivity index (χ1) is 12.6. The quantitative estimate of drug-likeness (QED) is 0.530. The first kappa shape index (κ1) is 19.2. The molecule has 0 saturated carbocycles. The lowest BCUT2D eigenvalue weighted by Crippen LogP contribution is -2.08. The highest BCUT2D eigenvalue weighted by Gasteiger charge is 2.12. The molecule has 0 heterocycles. The maximum Gasteiger partial charge on any atom is 0.330 e. The second kappa shape index (κ2) is 10.0. The van der Waals surface area contributed by atoms with E-state index in [1.54, 1.807) is 31.2 Å². The molecule has 5 heteroatoms. The zero-order valence-electron chi connectivity index (χ0n) is 14.9. The highest BCUT2D eigenvalue weighted by molar-refractivity contribution is 5.82. The van der Waals surface area contributed by atoms with Gasteiger partial charge < -0.3 is 14.2 Å². The fourth-order valence-corrected chi connectivity index (χ4v) is 2.25. The molecule has 2 aromatic carbocycles. The van der Waals surface area contributed by atoms with Crippen LogP contribution in [0.1, 0.15) is 31.1 Å². The molecule has 0 aliphatic carbocycles. The molecule has 0 amide bonds. The van der Waals surface area contributed by atoms with Crippen molar-refractivity contribution < 1.29 is 23.8 Å². The molecule has 0 saturated heterocycles. The Labute approximate surface area is 153 Å². The number of hydrogen-bond acceptors (Lipinski definition) is 5. The standard InChI is InChI=1S/C21H22O5/c1-3-24-21(23)14-13-20(26-16(2)22)18-9-11-19(12-10-18)25-15-17-7-5-4-6-8-17/h4-14,20H,3,15H2,1-2H3/b14-13+. The summed E-state index contributed by atoms with van der Waals surface area (Å²) in [6, 6.07) is 17.0. The smallest absolute Gasteiger partial charge is 0.330 e. The Morgan fingerprint density at radius 3 is 2.35 bits per heavy atom. The zero-order chi connectivity index (χ0) is 18.8. The number of carbonyl (C=O) groups is 2. The molecule has 0 N–H and O–H groups in total. The van der Waals surface area contributed by atoms with Crippen LogP contribution >= 0.6 is 0 Å². The topological polar surface area (TPSA) is 61.8 Å². The van der Waals surface area contributed by atoms with Crippen molar-refractivity contribution in [3.05, 3.63) is 77.9 Å². The van der Waals surface area contributed by atoms with Crippen molar-refractivity contribution in [3.8, 4) is 5.75 Å². The predicted molar refractivity (Wildman–Crippen MR) is 97.5 cm³/mol. The fraction of sp³-hybridized carbons (Fsp3) is 0.238. The second-order valence-electron chi connectivity index (χ2n) is 5.48. The van der Waals surface area contributed by atoms with Crippen molar-refractivity contribution in [1.82, 2.24) is 0 Å². The third-order valence-corrected chi connectivity index (χ3v) is 3.44. The summed E-state index contributed by atoms with van der Waals surface area (Å²) in [5, 5.41) is 0. The van der Waals surface area contributed by atoms with Crippen LogP contribution in [0.2, 0.25) is 0 Å². The van der Waals surface area contributed by atoms with Gasteiger partial charge in [0.15, 0.2) is 0 Å². The minimum Gasteiger partial charge on any atom is -0.489 e. The first-order valence-electron chi connectivity index (χ1n) is 8.37. The van der Waals surface area contributed by atoms with Gasteiger partial charge in [0.25, 0.3) is 0 Å². The van der Waals surface area contributed by atoms with E-state index in [4.69, 9.17) is 14.2 Å². The lowest BCUT2D eigenvalue weighted by Gasteiger charge is -2.14. The van der Waals surface area contributed by atoms with Crippen molar-refractivity contribution in [2.24, 2.45) is 0 Å². The molecule has 5 nitrogen and oxygen atoms in total. The van der Waals surface area contributed by atoms with Gasteiger partial charge in [0, 0.05) is 13.0 Å². The van der Waals surface area contributed by atoms with E-state index < -0.39 is 18.0 Å². The van der Waals surface area contributed by atoms with Gasteiger partial charge in [-0.3, -0.25) is 4.79 Å². The van der Waals surface area contributed by atoms with Gasteiger partial charge in [-0.25, -0.2) is 4.79 Å². The van der Waals surface area contributed by atoms with E-state index in [0.717, 1.165) is 11.1 Å². The number of rotatable bonds is 8. The molecule has 0 radical (unpaired) electrons. The minimum absolute atomic E-state index is 0.287. The summed E-state index contributed by atoms with van der Waals surface area (Å²) in [4.78, 5) is 22.8. The molecule has 1 unspecified atom stereocenters. The highest BCUT2D eigenvalue weighted by Crippen LogP contribution is 2.23. The SMILES string of the molecule is CCOC(=O)/C=C/C(OC(C)=O)c1ccc(OCc2ccccc2)cc1. The molecule has 0 spiro atoms. The minimum atomic E-state index is -0.667. The molecule has 136 valence electrons. The number of carbonyl (C=O) groups excluding carboxylic acids is 2. The van der Waals surface area contributed by atoms with E-state index in [0.29, 0.717) is 12.4 Å². The molecule has 0 bridgehead atoms. The van der Waals surface area contributed by atoms with Gasteiger partial charge in [-0.1, -0.05) is 42.5 Å². The molecular weight excluding hydrogens is 332 g/mol. The van der Waals surface area contributed by atoms with Crippen LogP contribution in [0.15, 0.2) is 66.7 Å². The Kier molecular flexibility index (Phi) is 7.43. The molecule has 26 heavy (non-hydrogen) atoms. The second-order valence-corrected chi connectivity index (χ2v) is 5.48. The molecule has 0 aromatic heterocycles. The zero-order valence-corrected chi connectivity index (χ0v) is 14.9. The highest BCUT2D eigenvalue weighted by atomic mass is 16.5. The van der Waals surface area contributed by atoms with Crippen LogP contribution in [0, 0.1) is 0 Å². The number of benzene rings is 2. The van der Waals surface area contributed by atoms with E-state index >= 15 is 0 Å². The predicted octanol–water partition coefficient (Wildman–Crippen LogP) is 3.99. The largest absolute Gasteiger partial charge is 0.489 e. The molecule has 2 rings (SSSR count). The maximum atomic E-state index is 11.5. The number of esters is 2. The van der Waals surface area contributed by atoms with Gasteiger partial charge in [0.05, 0.1) is 6.61 Å². The number of hydrogen-bond donors (Lipinski definition) is 0. The summed E-state index contributed by atoms with van der Waals surface area (Å²) in [6.07, 6.45) is 2.09. The summed E-state index contributed by atoms with van der Waals surface area (Å²) in [7, 11) is 0. The van der Waals surface area contributed by atoms with Crippen LogP contribution in [0.25, 0.3) is 0 Å². The summed E-state index contributed by atoms with van der Waals surface area (Å²) in [5.74, 6) is -0.214. The van der Waals surface area contributed by atoms with Crippen LogP contribution in [0.3, 0.4) is 0 Å². The fourth-order valence-electron chi connectivity index (χ4n) is 2.25. The summed E-state index contributed by atoms with van der Waals surface area (Å²) >= 11 is 0. The average Bonchev–Trinajstić information content (AvgIpc) is 2.65. The van der Waals surface area contributed by atoms with Crippen LogP contribution in [-0.4, -0.2) is 18.5 Å². The Bertz CT molecular complexity index is 735. The molecule has 0 aliphatic heterocycles. The van der Waals surface area contributed by atoms with Crippen LogP contribution < -0.4 is 4.74 Å². The van der Waals surface area contributed by atoms with E-state index in [1.165, 1.54) is 19.1 Å². The van der Waals surface area contributed by atoms with Crippen LogP contribution in [0.4, 0.5) is 0 Å². The average molecular weight is 354 g/mol. The van der Waals surface area contributed by atoms with Crippen LogP contribution in [0.5, 0.6) is 5.75 Å². The van der Waals surface area contributed by atoms with Crippen molar-refractivity contribution in [2.75, 3.05) is 6.61 Å². The van der Waals surface area contributed by atoms with E-state index in [-0.39, 0.29) is 6.61 Å². The molecule has 2 aromatic rings. The molecule has 0 fully saturated rings. The van der Waals surface area contributed by atoms with Gasteiger partial charge >= 0.3 is 11.9 Å². The lowest BCUT2D eigenvalue weighted by molar-refractivity contribution is -0.145. The maximum absolute atomic E-state index is 11.5. The first-order valence-corrected chi connectivity index (χ1v) is 8.37. The number of ether oxygens (including phenoxy) is 3. The van der Waals surface area contributed by atoms with Gasteiger partial charge in [-0.05, 0) is 36.3 Å². The Morgan fingerprint density at radius 2 is 1.73 bits per heavy atom. The van der Waals surface area contributed by atoms with Crippen molar-refractivity contribution in [2.45, 2.75) is 26.6 Å². The van der Waals surface area contributed by atoms with E-state index in [9.17, 15) is 9.59 Å². The lowest BCUT2D eigenvalue weighted by atomic mass is 10.1. The van der Waals surface area contributed by atoms with Gasteiger partial charge in [0.1, 0.15) is 18.5 Å². The molecule has 1 atom stereocenters. The Hall–Kier alpha value is -3.08. The Balaban J connectivity index is 2.03. The monoisotopic (exact) mass is 354 g/mol. The van der Waals surface area contributed by atoms with Crippen molar-refractivity contribution in [3.63, 3.8) is 0 Å². The summed E-state index contributed by atoms with van der Waals surface area (Å²) in [6.45, 7) is 3.80. The Morgan fingerprint density at radius 1 is 1.04 bits per heavy atom. The van der Waals surface area contributed by atoms with Crippen molar-refractivity contribution in [1.29, 1.82) is 0 Å². The van der Waals surface area contributed by atoms with Crippen molar-refractivity contribution >= 4 is 11.9 Å². The summed E-state index contributed by atoms with van der Waals surface area (Å²) < 4.78 is 15.8. The van der Waals surface area contributed by atoms with Gasteiger partial charge in [0.2, 0.25) is 0 Å². The molecule has 0 aliphatic rings. The van der Waals surface area contributed by atoms with E-state index in [1.807, 2.05) is 30.3 Å².